The Kier molecular flexibility index (Phi) is 7.03. The summed E-state index contributed by atoms with van der Waals surface area (Å²) >= 11 is 6.14. The maximum atomic E-state index is 14.3. The molecule has 8 atom stereocenters. The van der Waals surface area contributed by atoms with Crippen molar-refractivity contribution in [1.82, 2.24) is 10.2 Å². The molecule has 2 saturated carbocycles. The van der Waals surface area contributed by atoms with Gasteiger partial charge in [-0.25, -0.2) is 0 Å². The molecule has 1 aromatic carbocycles. The summed E-state index contributed by atoms with van der Waals surface area (Å²) in [5, 5.41) is 6.83. The van der Waals surface area contributed by atoms with Gasteiger partial charge in [-0.05, 0) is 68.1 Å². The van der Waals surface area contributed by atoms with E-state index in [1.807, 2.05) is 17.1 Å². The molecule has 8 heteroatoms. The van der Waals surface area contributed by atoms with Crippen LogP contribution in [0.2, 0.25) is 5.02 Å². The van der Waals surface area contributed by atoms with Gasteiger partial charge < -0.3 is 20.3 Å². The van der Waals surface area contributed by atoms with Crippen LogP contribution in [0.5, 0.6) is 0 Å². The molecule has 3 amide bonds. The zero-order chi connectivity index (χ0) is 27.5. The van der Waals surface area contributed by atoms with Gasteiger partial charge in [-0.1, -0.05) is 63.4 Å². The number of carbonyl (C=O) groups excluding carboxylic acids is 3. The summed E-state index contributed by atoms with van der Waals surface area (Å²) in [6.45, 7) is 6.71. The number of nitrogens with one attached hydrogen (secondary N) is 2. The molecule has 3 heterocycles. The molecule has 6 rings (SSSR count). The Morgan fingerprint density at radius 3 is 2.56 bits per heavy atom. The van der Waals surface area contributed by atoms with Crippen molar-refractivity contribution in [3.63, 3.8) is 0 Å². The van der Waals surface area contributed by atoms with Crippen LogP contribution in [0.15, 0.2) is 36.4 Å². The fourth-order valence-electron chi connectivity index (χ4n) is 7.96. The third-order valence-corrected chi connectivity index (χ3v) is 10.6. The number of hydrogen-bond donors (Lipinski definition) is 2. The quantitative estimate of drug-likeness (QED) is 0.505. The first kappa shape index (κ1) is 26.8. The number of halogens is 1. The number of amides is 3. The van der Waals surface area contributed by atoms with Gasteiger partial charge in [-0.2, -0.15) is 0 Å². The average molecular weight is 554 g/mol. The Bertz CT molecular complexity index is 1180. The minimum atomic E-state index is -1.13. The van der Waals surface area contributed by atoms with Gasteiger partial charge in [0.15, 0.2) is 0 Å². The van der Waals surface area contributed by atoms with Crippen LogP contribution >= 0.6 is 11.6 Å². The van der Waals surface area contributed by atoms with E-state index >= 15 is 0 Å². The van der Waals surface area contributed by atoms with E-state index < -0.39 is 29.6 Å². The van der Waals surface area contributed by atoms with Crippen molar-refractivity contribution in [1.29, 1.82) is 0 Å². The summed E-state index contributed by atoms with van der Waals surface area (Å²) in [7, 11) is 0. The van der Waals surface area contributed by atoms with Gasteiger partial charge in [-0.15, -0.1) is 0 Å². The predicted octanol–water partition coefficient (Wildman–Crippen LogP) is 4.95. The average Bonchev–Trinajstić information content (AvgIpc) is 3.55. The van der Waals surface area contributed by atoms with Crippen LogP contribution in [-0.4, -0.2) is 52.5 Å². The third kappa shape index (κ3) is 4.50. The van der Waals surface area contributed by atoms with E-state index in [4.69, 9.17) is 16.3 Å². The monoisotopic (exact) mass is 553 g/mol. The summed E-state index contributed by atoms with van der Waals surface area (Å²) in [4.78, 5) is 44.0. The van der Waals surface area contributed by atoms with E-state index in [-0.39, 0.29) is 29.8 Å². The number of fused-ring (bicyclic) bond motifs is 1. The molecule has 2 saturated heterocycles. The molecule has 2 aliphatic carbocycles. The Morgan fingerprint density at radius 1 is 1.05 bits per heavy atom. The summed E-state index contributed by atoms with van der Waals surface area (Å²) in [6.07, 6.45) is 10.2. The first-order valence-electron chi connectivity index (χ1n) is 14.8. The van der Waals surface area contributed by atoms with Gasteiger partial charge in [0, 0.05) is 22.8 Å². The smallest absolute Gasteiger partial charge is 0.246 e. The molecule has 5 aliphatic rings. The molecule has 210 valence electrons. The number of ether oxygens (including phenoxy) is 1. The number of benzene rings is 1. The SMILES string of the molecule is CC1CCC(N2C(=O)[C@@H]3[C@H](C(=O)Nc4cccc(Cl)c4)[C@@H]4C=C[C@@]3(O4)[C@@H]2C(=O)N[C@@H]2CCC[C@@H](C)[C@@H]2C)CC1. The Balaban J connectivity index is 1.32. The van der Waals surface area contributed by atoms with Crippen molar-refractivity contribution in [2.75, 3.05) is 5.32 Å². The van der Waals surface area contributed by atoms with Crippen molar-refractivity contribution in [3.8, 4) is 0 Å². The Labute approximate surface area is 236 Å². The van der Waals surface area contributed by atoms with E-state index in [0.717, 1.165) is 38.5 Å². The Morgan fingerprint density at radius 2 is 1.82 bits per heavy atom. The predicted molar refractivity (Wildman–Crippen MR) is 150 cm³/mol. The van der Waals surface area contributed by atoms with Crippen molar-refractivity contribution in [3.05, 3.63) is 41.4 Å². The highest BCUT2D eigenvalue weighted by molar-refractivity contribution is 6.30. The number of hydrogen-bond acceptors (Lipinski definition) is 4. The largest absolute Gasteiger partial charge is 0.359 e. The molecule has 3 aliphatic heterocycles. The van der Waals surface area contributed by atoms with Crippen molar-refractivity contribution >= 4 is 35.0 Å². The van der Waals surface area contributed by atoms with Gasteiger partial charge in [0.2, 0.25) is 17.7 Å². The number of anilines is 1. The number of nitrogens with zero attached hydrogens (tertiary/aromatic N) is 1. The van der Waals surface area contributed by atoms with Gasteiger partial charge >= 0.3 is 0 Å². The highest BCUT2D eigenvalue weighted by Crippen LogP contribution is 2.56. The Hall–Kier alpha value is -2.38. The second kappa shape index (κ2) is 10.2. The van der Waals surface area contributed by atoms with Crippen molar-refractivity contribution in [2.24, 2.45) is 29.6 Å². The summed E-state index contributed by atoms with van der Waals surface area (Å²) in [6, 6.07) is 6.26. The molecule has 2 bridgehead atoms. The highest BCUT2D eigenvalue weighted by atomic mass is 35.5. The zero-order valence-corrected chi connectivity index (χ0v) is 23.8. The standard InChI is InChI=1S/C31H40ClN3O4/c1-17-10-12-22(13-11-17)35-27(29(37)34-23-9-4-6-18(2)19(23)3)31-15-14-24(39-31)25(26(31)30(35)38)28(36)33-21-8-5-7-20(32)16-21/h5,7-8,14-19,22-27H,4,6,9-13H2,1-3H3,(H,33,36)(H,34,37)/t17?,18-,19+,22?,23-,24+,25-,26+,27+,31+/m1/s1. The number of rotatable bonds is 5. The summed E-state index contributed by atoms with van der Waals surface area (Å²) in [5.74, 6) is -0.479. The second-order valence-corrected chi connectivity index (χ2v) is 13.2. The molecular weight excluding hydrogens is 514 g/mol. The lowest BCUT2D eigenvalue weighted by atomic mass is 9.73. The molecule has 1 spiro atoms. The molecule has 2 N–H and O–H groups in total. The zero-order valence-electron chi connectivity index (χ0n) is 23.1. The van der Waals surface area contributed by atoms with Crippen LogP contribution in [0.4, 0.5) is 5.69 Å². The highest BCUT2D eigenvalue weighted by Gasteiger charge is 2.73. The summed E-state index contributed by atoms with van der Waals surface area (Å²) in [5.41, 5.74) is -0.555. The van der Waals surface area contributed by atoms with E-state index in [0.29, 0.717) is 28.5 Å². The van der Waals surface area contributed by atoms with E-state index in [2.05, 4.69) is 31.4 Å². The van der Waals surface area contributed by atoms with Crippen molar-refractivity contribution in [2.45, 2.75) is 95.5 Å². The molecule has 4 fully saturated rings. The van der Waals surface area contributed by atoms with E-state index in [9.17, 15) is 14.4 Å². The fraction of sp³-hybridized carbons (Fsp3) is 0.645. The van der Waals surface area contributed by atoms with Gasteiger partial charge in [0.1, 0.15) is 11.6 Å². The molecule has 0 aromatic heterocycles. The molecular formula is C31H40ClN3O4. The third-order valence-electron chi connectivity index (χ3n) is 10.4. The topological polar surface area (TPSA) is 87.7 Å². The summed E-state index contributed by atoms with van der Waals surface area (Å²) < 4.78 is 6.54. The van der Waals surface area contributed by atoms with Crippen LogP contribution in [0.1, 0.15) is 65.7 Å². The first-order chi connectivity index (χ1) is 18.7. The normalized spacial score (nSPS) is 41.0. The minimum absolute atomic E-state index is 0.0279. The van der Waals surface area contributed by atoms with Crippen LogP contribution in [0, 0.1) is 29.6 Å². The lowest BCUT2D eigenvalue weighted by Crippen LogP contribution is -2.59. The van der Waals surface area contributed by atoms with Gasteiger partial charge in [0.25, 0.3) is 0 Å². The molecule has 0 unspecified atom stereocenters. The maximum absolute atomic E-state index is 14.3. The molecule has 7 nitrogen and oxygen atoms in total. The minimum Gasteiger partial charge on any atom is -0.359 e. The molecule has 39 heavy (non-hydrogen) atoms. The van der Waals surface area contributed by atoms with E-state index in [1.165, 1.54) is 6.42 Å². The first-order valence-corrected chi connectivity index (χ1v) is 15.1. The second-order valence-electron chi connectivity index (χ2n) is 12.7. The van der Waals surface area contributed by atoms with E-state index in [1.54, 1.807) is 24.3 Å². The lowest BCUT2D eigenvalue weighted by Gasteiger charge is -2.41. The number of carbonyl (C=O) groups is 3. The molecule has 0 radical (unpaired) electrons. The van der Waals surface area contributed by atoms with Crippen LogP contribution in [-0.2, 0) is 19.1 Å². The van der Waals surface area contributed by atoms with Crippen molar-refractivity contribution < 1.29 is 19.1 Å². The van der Waals surface area contributed by atoms with Gasteiger partial charge in [0.05, 0.1) is 17.9 Å². The van der Waals surface area contributed by atoms with Crippen LogP contribution < -0.4 is 10.6 Å². The lowest BCUT2D eigenvalue weighted by molar-refractivity contribution is -0.145. The molecule has 1 aromatic rings. The number of likely N-dealkylation sites (tertiary alicyclic amines) is 1. The van der Waals surface area contributed by atoms with Crippen LogP contribution in [0.3, 0.4) is 0 Å². The van der Waals surface area contributed by atoms with Crippen LogP contribution in [0.25, 0.3) is 0 Å². The fourth-order valence-corrected chi connectivity index (χ4v) is 8.15. The van der Waals surface area contributed by atoms with Gasteiger partial charge in [-0.3, -0.25) is 14.4 Å². The maximum Gasteiger partial charge on any atom is 0.246 e.